The summed E-state index contributed by atoms with van der Waals surface area (Å²) in [5, 5.41) is 13.1. The van der Waals surface area contributed by atoms with Gasteiger partial charge >= 0.3 is 0 Å². The molecule has 0 amide bonds. The van der Waals surface area contributed by atoms with Crippen molar-refractivity contribution in [3.8, 4) is 5.75 Å². The summed E-state index contributed by atoms with van der Waals surface area (Å²) in [6.45, 7) is 4.16. The van der Waals surface area contributed by atoms with Crippen LogP contribution in [0.3, 0.4) is 0 Å². The SMILES string of the molecule is COc1cccc(NC2CC(O)C2(C)C)c1. The monoisotopic (exact) mass is 221 g/mol. The molecule has 0 heterocycles. The molecule has 1 aliphatic rings. The highest BCUT2D eigenvalue weighted by Gasteiger charge is 2.47. The maximum atomic E-state index is 9.66. The van der Waals surface area contributed by atoms with Crippen LogP contribution in [0.2, 0.25) is 0 Å². The van der Waals surface area contributed by atoms with Gasteiger partial charge in [-0.1, -0.05) is 19.9 Å². The van der Waals surface area contributed by atoms with E-state index in [0.717, 1.165) is 17.9 Å². The summed E-state index contributed by atoms with van der Waals surface area (Å²) in [5.74, 6) is 0.850. The van der Waals surface area contributed by atoms with Crippen LogP contribution >= 0.6 is 0 Å². The lowest BCUT2D eigenvalue weighted by atomic mass is 9.64. The van der Waals surface area contributed by atoms with Crippen molar-refractivity contribution in [1.29, 1.82) is 0 Å². The van der Waals surface area contributed by atoms with Crippen molar-refractivity contribution < 1.29 is 9.84 Å². The first-order valence-corrected chi connectivity index (χ1v) is 5.62. The van der Waals surface area contributed by atoms with Gasteiger partial charge in [0.1, 0.15) is 5.75 Å². The second-order valence-electron chi connectivity index (χ2n) is 5.00. The number of hydrogen-bond acceptors (Lipinski definition) is 3. The molecule has 0 bridgehead atoms. The van der Waals surface area contributed by atoms with E-state index in [4.69, 9.17) is 4.74 Å². The zero-order valence-corrected chi connectivity index (χ0v) is 10.0. The molecule has 0 aliphatic heterocycles. The summed E-state index contributed by atoms with van der Waals surface area (Å²) in [4.78, 5) is 0. The van der Waals surface area contributed by atoms with Gasteiger partial charge in [0.25, 0.3) is 0 Å². The van der Waals surface area contributed by atoms with Gasteiger partial charge in [0.15, 0.2) is 0 Å². The van der Waals surface area contributed by atoms with E-state index in [-0.39, 0.29) is 11.5 Å². The maximum Gasteiger partial charge on any atom is 0.120 e. The molecule has 3 nitrogen and oxygen atoms in total. The lowest BCUT2D eigenvalue weighted by molar-refractivity contribution is -0.0510. The molecule has 2 N–H and O–H groups in total. The summed E-state index contributed by atoms with van der Waals surface area (Å²) in [6.07, 6.45) is 0.611. The molecule has 1 fully saturated rings. The van der Waals surface area contributed by atoms with Crippen molar-refractivity contribution in [2.75, 3.05) is 12.4 Å². The van der Waals surface area contributed by atoms with E-state index in [2.05, 4.69) is 19.2 Å². The summed E-state index contributed by atoms with van der Waals surface area (Å²) in [7, 11) is 1.66. The Morgan fingerprint density at radius 3 is 2.75 bits per heavy atom. The lowest BCUT2D eigenvalue weighted by Gasteiger charge is -2.49. The van der Waals surface area contributed by atoms with E-state index in [9.17, 15) is 5.11 Å². The van der Waals surface area contributed by atoms with Crippen LogP contribution in [0.1, 0.15) is 20.3 Å². The predicted molar refractivity (Wildman–Crippen MR) is 64.8 cm³/mol. The Balaban J connectivity index is 2.05. The van der Waals surface area contributed by atoms with E-state index in [1.807, 2.05) is 24.3 Å². The first-order valence-electron chi connectivity index (χ1n) is 5.62. The molecule has 3 heteroatoms. The minimum atomic E-state index is -0.199. The number of nitrogens with one attached hydrogen (secondary N) is 1. The van der Waals surface area contributed by atoms with Crippen LogP contribution in [-0.4, -0.2) is 24.4 Å². The van der Waals surface area contributed by atoms with Gasteiger partial charge < -0.3 is 15.2 Å². The number of anilines is 1. The Hall–Kier alpha value is -1.22. The molecule has 88 valence electrons. The molecule has 0 radical (unpaired) electrons. The second kappa shape index (κ2) is 3.98. The number of ether oxygens (including phenoxy) is 1. The van der Waals surface area contributed by atoms with Gasteiger partial charge in [-0.25, -0.2) is 0 Å². The van der Waals surface area contributed by atoms with E-state index < -0.39 is 0 Å². The topological polar surface area (TPSA) is 41.5 Å². The molecular formula is C13H19NO2. The molecule has 2 unspecified atom stereocenters. The minimum Gasteiger partial charge on any atom is -0.497 e. The molecular weight excluding hydrogens is 202 g/mol. The average Bonchev–Trinajstić information content (AvgIpc) is 2.29. The summed E-state index contributed by atoms with van der Waals surface area (Å²) in [6, 6.07) is 8.20. The quantitative estimate of drug-likeness (QED) is 0.822. The van der Waals surface area contributed by atoms with Gasteiger partial charge in [-0.15, -0.1) is 0 Å². The van der Waals surface area contributed by atoms with Gasteiger partial charge in [-0.3, -0.25) is 0 Å². The van der Waals surface area contributed by atoms with Gasteiger partial charge in [0.05, 0.1) is 13.2 Å². The van der Waals surface area contributed by atoms with Crippen molar-refractivity contribution >= 4 is 5.69 Å². The lowest BCUT2D eigenvalue weighted by Crippen LogP contribution is -2.56. The average molecular weight is 221 g/mol. The van der Waals surface area contributed by atoms with Gasteiger partial charge in [0.2, 0.25) is 0 Å². The fraction of sp³-hybridized carbons (Fsp3) is 0.538. The molecule has 0 spiro atoms. The van der Waals surface area contributed by atoms with E-state index in [1.54, 1.807) is 7.11 Å². The van der Waals surface area contributed by atoms with Crippen LogP contribution in [0.15, 0.2) is 24.3 Å². The minimum absolute atomic E-state index is 0.0525. The first kappa shape index (κ1) is 11.3. The molecule has 1 aromatic carbocycles. The van der Waals surface area contributed by atoms with Crippen LogP contribution in [0.25, 0.3) is 0 Å². The van der Waals surface area contributed by atoms with E-state index in [0.29, 0.717) is 6.04 Å². The van der Waals surface area contributed by atoms with Crippen molar-refractivity contribution in [3.63, 3.8) is 0 Å². The van der Waals surface area contributed by atoms with Gasteiger partial charge in [-0.2, -0.15) is 0 Å². The van der Waals surface area contributed by atoms with Crippen LogP contribution in [0.5, 0.6) is 5.75 Å². The van der Waals surface area contributed by atoms with Crippen LogP contribution in [0.4, 0.5) is 5.69 Å². The number of benzene rings is 1. The van der Waals surface area contributed by atoms with Crippen LogP contribution in [-0.2, 0) is 0 Å². The molecule has 0 saturated heterocycles. The molecule has 1 aliphatic carbocycles. The highest BCUT2D eigenvalue weighted by molar-refractivity contribution is 5.49. The fourth-order valence-electron chi connectivity index (χ4n) is 2.06. The summed E-state index contributed by atoms with van der Waals surface area (Å²) >= 11 is 0. The molecule has 2 atom stereocenters. The Bertz CT molecular complexity index is 376. The Kier molecular flexibility index (Phi) is 2.80. The predicted octanol–water partition coefficient (Wildman–Crippen LogP) is 2.27. The zero-order valence-electron chi connectivity index (χ0n) is 10.0. The molecule has 0 aromatic heterocycles. The molecule has 16 heavy (non-hydrogen) atoms. The summed E-state index contributed by atoms with van der Waals surface area (Å²) < 4.78 is 5.17. The number of hydrogen-bond donors (Lipinski definition) is 2. The smallest absolute Gasteiger partial charge is 0.120 e. The van der Waals surface area contributed by atoms with Crippen molar-refractivity contribution in [2.45, 2.75) is 32.4 Å². The highest BCUT2D eigenvalue weighted by Crippen LogP contribution is 2.42. The normalized spacial score (nSPS) is 27.0. The zero-order chi connectivity index (χ0) is 11.8. The summed E-state index contributed by atoms with van der Waals surface area (Å²) in [5.41, 5.74) is 0.993. The number of methoxy groups -OCH3 is 1. The van der Waals surface area contributed by atoms with E-state index >= 15 is 0 Å². The highest BCUT2D eigenvalue weighted by atomic mass is 16.5. The standard InChI is InChI=1S/C13H19NO2/c1-13(2)11(8-12(13)15)14-9-5-4-6-10(7-9)16-3/h4-7,11-12,14-15H,8H2,1-3H3. The molecule has 1 aromatic rings. The van der Waals surface area contributed by atoms with Gasteiger partial charge in [-0.05, 0) is 18.6 Å². The molecule has 1 saturated carbocycles. The Labute approximate surface area is 96.4 Å². The second-order valence-corrected chi connectivity index (χ2v) is 5.00. The van der Waals surface area contributed by atoms with Crippen LogP contribution in [0, 0.1) is 5.41 Å². The van der Waals surface area contributed by atoms with Crippen molar-refractivity contribution in [3.05, 3.63) is 24.3 Å². The first-order chi connectivity index (χ1) is 7.54. The van der Waals surface area contributed by atoms with Gasteiger partial charge in [0, 0.05) is 23.2 Å². The number of rotatable bonds is 3. The molecule has 2 rings (SSSR count). The number of aliphatic hydroxyl groups is 1. The van der Waals surface area contributed by atoms with Crippen LogP contribution < -0.4 is 10.1 Å². The third-order valence-corrected chi connectivity index (χ3v) is 3.63. The number of aliphatic hydroxyl groups excluding tert-OH is 1. The van der Waals surface area contributed by atoms with Crippen molar-refractivity contribution in [2.24, 2.45) is 5.41 Å². The fourth-order valence-corrected chi connectivity index (χ4v) is 2.06. The van der Waals surface area contributed by atoms with E-state index in [1.165, 1.54) is 0 Å². The third-order valence-electron chi connectivity index (χ3n) is 3.63. The Morgan fingerprint density at radius 2 is 2.19 bits per heavy atom. The largest absolute Gasteiger partial charge is 0.497 e. The van der Waals surface area contributed by atoms with Crippen molar-refractivity contribution in [1.82, 2.24) is 0 Å². The third kappa shape index (κ3) is 1.87. The Morgan fingerprint density at radius 1 is 1.44 bits per heavy atom. The maximum absolute atomic E-state index is 9.66.